The molecule has 0 saturated heterocycles. The van der Waals surface area contributed by atoms with Crippen molar-refractivity contribution < 1.29 is 4.74 Å². The van der Waals surface area contributed by atoms with Crippen molar-refractivity contribution in [3.63, 3.8) is 0 Å². The van der Waals surface area contributed by atoms with E-state index in [1.54, 1.807) is 12.3 Å². The average Bonchev–Trinajstić information content (AvgIpc) is 2.18. The van der Waals surface area contributed by atoms with Crippen molar-refractivity contribution >= 4 is 0 Å². The molecule has 1 nitrogen and oxygen atoms in total. The summed E-state index contributed by atoms with van der Waals surface area (Å²) in [6.07, 6.45) is 9.70. The molecule has 0 heterocycles. The summed E-state index contributed by atoms with van der Waals surface area (Å²) in [5.41, 5.74) is 0. The standard InChI is InChI=1S/C14H24O/c1-5-6-9-15-14-10-12(4)7-8-13(14)11(2)3/h5-6,9,11-14H,1,7-8,10H2,2-4H3/b9-6+/t12-,13+,14-/m1/s1. The van der Waals surface area contributed by atoms with Gasteiger partial charge in [0.15, 0.2) is 0 Å². The van der Waals surface area contributed by atoms with Gasteiger partial charge in [0.2, 0.25) is 0 Å². The first-order valence-corrected chi connectivity index (χ1v) is 6.08. The molecule has 1 heteroatoms. The summed E-state index contributed by atoms with van der Waals surface area (Å²) in [7, 11) is 0. The van der Waals surface area contributed by atoms with Gasteiger partial charge in [0.05, 0.1) is 6.26 Å². The SMILES string of the molecule is C=C/C=C/O[C@@H]1C[C@H](C)CC[C@H]1C(C)C. The van der Waals surface area contributed by atoms with Gasteiger partial charge in [0, 0.05) is 0 Å². The first-order valence-electron chi connectivity index (χ1n) is 6.08. The van der Waals surface area contributed by atoms with Crippen LogP contribution in [0.1, 0.15) is 40.0 Å². The highest BCUT2D eigenvalue weighted by Crippen LogP contribution is 2.35. The Bertz CT molecular complexity index is 217. The fraction of sp³-hybridized carbons (Fsp3) is 0.714. The number of ether oxygens (including phenoxy) is 1. The second-order valence-corrected chi connectivity index (χ2v) is 5.06. The van der Waals surface area contributed by atoms with Crippen molar-refractivity contribution in [3.05, 3.63) is 25.0 Å². The Hall–Kier alpha value is -0.720. The normalized spacial score (nSPS) is 32.1. The van der Waals surface area contributed by atoms with Crippen LogP contribution in [0.2, 0.25) is 0 Å². The Kier molecular flexibility index (Phi) is 4.93. The van der Waals surface area contributed by atoms with Crippen molar-refractivity contribution in [2.75, 3.05) is 0 Å². The Morgan fingerprint density at radius 3 is 2.67 bits per heavy atom. The molecule has 0 unspecified atom stereocenters. The van der Waals surface area contributed by atoms with Gasteiger partial charge in [-0.15, -0.1) is 0 Å². The number of rotatable bonds is 4. The molecule has 86 valence electrons. The van der Waals surface area contributed by atoms with Crippen LogP contribution >= 0.6 is 0 Å². The van der Waals surface area contributed by atoms with Gasteiger partial charge in [0.25, 0.3) is 0 Å². The summed E-state index contributed by atoms with van der Waals surface area (Å²) in [6.45, 7) is 10.6. The molecule has 1 aliphatic carbocycles. The molecular weight excluding hydrogens is 184 g/mol. The van der Waals surface area contributed by atoms with E-state index in [1.165, 1.54) is 19.3 Å². The molecule has 0 aliphatic heterocycles. The molecule has 0 radical (unpaired) electrons. The largest absolute Gasteiger partial charge is 0.498 e. The number of hydrogen-bond donors (Lipinski definition) is 0. The number of hydrogen-bond acceptors (Lipinski definition) is 1. The van der Waals surface area contributed by atoms with Crippen LogP contribution in [0.25, 0.3) is 0 Å². The van der Waals surface area contributed by atoms with Crippen molar-refractivity contribution in [1.82, 2.24) is 0 Å². The first-order chi connectivity index (χ1) is 7.15. The third-order valence-electron chi connectivity index (χ3n) is 3.43. The lowest BCUT2D eigenvalue weighted by atomic mass is 9.75. The van der Waals surface area contributed by atoms with E-state index >= 15 is 0 Å². The van der Waals surface area contributed by atoms with Gasteiger partial charge in [-0.3, -0.25) is 0 Å². The third-order valence-corrected chi connectivity index (χ3v) is 3.43. The lowest BCUT2D eigenvalue weighted by Crippen LogP contribution is -2.33. The molecule has 0 aromatic heterocycles. The maximum atomic E-state index is 5.82. The van der Waals surface area contributed by atoms with Gasteiger partial charge in [-0.1, -0.05) is 39.8 Å². The fourth-order valence-electron chi connectivity index (χ4n) is 2.47. The van der Waals surface area contributed by atoms with Gasteiger partial charge in [-0.25, -0.2) is 0 Å². The third kappa shape index (κ3) is 3.73. The predicted octanol–water partition coefficient (Wildman–Crippen LogP) is 4.16. The highest BCUT2D eigenvalue weighted by Gasteiger charge is 2.31. The smallest absolute Gasteiger partial charge is 0.101 e. The zero-order valence-corrected chi connectivity index (χ0v) is 10.3. The molecule has 0 amide bonds. The Morgan fingerprint density at radius 1 is 1.33 bits per heavy atom. The van der Waals surface area contributed by atoms with Crippen LogP contribution in [0.15, 0.2) is 25.0 Å². The van der Waals surface area contributed by atoms with E-state index < -0.39 is 0 Å². The zero-order chi connectivity index (χ0) is 11.3. The van der Waals surface area contributed by atoms with Crippen molar-refractivity contribution in [2.24, 2.45) is 17.8 Å². The van der Waals surface area contributed by atoms with E-state index in [9.17, 15) is 0 Å². The van der Waals surface area contributed by atoms with Crippen molar-refractivity contribution in [3.8, 4) is 0 Å². The molecule has 0 aromatic rings. The Balaban J connectivity index is 2.53. The summed E-state index contributed by atoms with van der Waals surface area (Å²) in [6, 6.07) is 0. The van der Waals surface area contributed by atoms with Crippen molar-refractivity contribution in [2.45, 2.75) is 46.1 Å². The number of allylic oxidation sites excluding steroid dienone is 2. The minimum absolute atomic E-state index is 0.407. The van der Waals surface area contributed by atoms with Gasteiger partial charge in [-0.2, -0.15) is 0 Å². The molecule has 15 heavy (non-hydrogen) atoms. The molecule has 0 N–H and O–H groups in total. The van der Waals surface area contributed by atoms with Gasteiger partial charge in [0.1, 0.15) is 6.10 Å². The van der Waals surface area contributed by atoms with E-state index in [2.05, 4.69) is 27.4 Å². The molecule has 0 aromatic carbocycles. The minimum Gasteiger partial charge on any atom is -0.498 e. The quantitative estimate of drug-likeness (QED) is 0.498. The van der Waals surface area contributed by atoms with E-state index in [-0.39, 0.29) is 0 Å². The van der Waals surface area contributed by atoms with E-state index in [4.69, 9.17) is 4.74 Å². The Morgan fingerprint density at radius 2 is 2.07 bits per heavy atom. The summed E-state index contributed by atoms with van der Waals surface area (Å²) in [5.74, 6) is 2.25. The predicted molar refractivity (Wildman–Crippen MR) is 65.6 cm³/mol. The van der Waals surface area contributed by atoms with Crippen LogP contribution in [0.5, 0.6) is 0 Å². The van der Waals surface area contributed by atoms with Crippen molar-refractivity contribution in [1.29, 1.82) is 0 Å². The topological polar surface area (TPSA) is 9.23 Å². The van der Waals surface area contributed by atoms with Gasteiger partial charge < -0.3 is 4.74 Å². The van der Waals surface area contributed by atoms with Crippen LogP contribution in [-0.4, -0.2) is 6.10 Å². The highest BCUT2D eigenvalue weighted by molar-refractivity contribution is 4.94. The summed E-state index contributed by atoms with van der Waals surface area (Å²) in [5, 5.41) is 0. The highest BCUT2D eigenvalue weighted by atomic mass is 16.5. The van der Waals surface area contributed by atoms with Crippen LogP contribution in [0, 0.1) is 17.8 Å². The van der Waals surface area contributed by atoms with Crippen LogP contribution < -0.4 is 0 Å². The molecule has 1 saturated carbocycles. The second kappa shape index (κ2) is 5.99. The van der Waals surface area contributed by atoms with Gasteiger partial charge in [-0.05, 0) is 36.7 Å². The molecule has 1 aliphatic rings. The van der Waals surface area contributed by atoms with Gasteiger partial charge >= 0.3 is 0 Å². The van der Waals surface area contributed by atoms with E-state index in [1.807, 2.05) is 6.08 Å². The maximum Gasteiger partial charge on any atom is 0.101 e. The summed E-state index contributed by atoms with van der Waals surface area (Å²) in [4.78, 5) is 0. The fourth-order valence-corrected chi connectivity index (χ4v) is 2.47. The minimum atomic E-state index is 0.407. The molecule has 1 rings (SSSR count). The lowest BCUT2D eigenvalue weighted by molar-refractivity contribution is 0.0136. The molecule has 0 spiro atoms. The molecule has 3 atom stereocenters. The zero-order valence-electron chi connectivity index (χ0n) is 10.3. The van der Waals surface area contributed by atoms with Crippen LogP contribution in [0.3, 0.4) is 0 Å². The summed E-state index contributed by atoms with van der Waals surface area (Å²) >= 11 is 0. The van der Waals surface area contributed by atoms with Crippen LogP contribution in [-0.2, 0) is 4.74 Å². The van der Waals surface area contributed by atoms with E-state index in [0.29, 0.717) is 6.10 Å². The summed E-state index contributed by atoms with van der Waals surface area (Å²) < 4.78 is 5.82. The van der Waals surface area contributed by atoms with E-state index in [0.717, 1.165) is 17.8 Å². The average molecular weight is 208 g/mol. The Labute approximate surface area is 94.2 Å². The second-order valence-electron chi connectivity index (χ2n) is 5.06. The lowest BCUT2D eigenvalue weighted by Gasteiger charge is -2.36. The molecular formula is C14H24O. The molecule has 1 fully saturated rings. The first kappa shape index (κ1) is 12.4. The monoisotopic (exact) mass is 208 g/mol. The molecule has 0 bridgehead atoms. The van der Waals surface area contributed by atoms with Crippen LogP contribution in [0.4, 0.5) is 0 Å². The maximum absolute atomic E-state index is 5.82.